The number of ether oxygens (including phenoxy) is 3. The van der Waals surface area contributed by atoms with E-state index in [-0.39, 0.29) is 10.6 Å². The van der Waals surface area contributed by atoms with Crippen molar-refractivity contribution in [2.75, 3.05) is 18.5 Å². The number of fused-ring (bicyclic) bond motifs is 1. The quantitative estimate of drug-likeness (QED) is 0.824. The minimum absolute atomic E-state index is 0.0213. The number of carbonyl (C=O) groups is 2. The van der Waals surface area contributed by atoms with Gasteiger partial charge in [0.25, 0.3) is 5.91 Å². The molecule has 1 atom stereocenters. The van der Waals surface area contributed by atoms with Gasteiger partial charge in [-0.05, 0) is 37.3 Å². The highest BCUT2D eigenvalue weighted by atomic mass is 35.5. The van der Waals surface area contributed by atoms with Crippen LogP contribution in [0.15, 0.2) is 36.4 Å². The third-order valence-electron chi connectivity index (χ3n) is 3.61. The van der Waals surface area contributed by atoms with E-state index in [0.29, 0.717) is 30.4 Å². The topological polar surface area (TPSA) is 73.9 Å². The SMILES string of the molecule is C[C@@H](OC(=O)c1ccc(F)cc1Cl)C(=O)Nc1ccc2c(c1)OCCO2. The molecule has 1 aliphatic heterocycles. The van der Waals surface area contributed by atoms with Gasteiger partial charge in [0.05, 0.1) is 10.6 Å². The number of esters is 1. The van der Waals surface area contributed by atoms with E-state index in [0.717, 1.165) is 12.1 Å². The number of hydrogen-bond donors (Lipinski definition) is 1. The molecule has 2 aromatic carbocycles. The van der Waals surface area contributed by atoms with Crippen molar-refractivity contribution in [2.45, 2.75) is 13.0 Å². The molecule has 26 heavy (non-hydrogen) atoms. The van der Waals surface area contributed by atoms with Gasteiger partial charge < -0.3 is 19.5 Å². The summed E-state index contributed by atoms with van der Waals surface area (Å²) in [6, 6.07) is 8.24. The predicted molar refractivity (Wildman–Crippen MR) is 92.3 cm³/mol. The summed E-state index contributed by atoms with van der Waals surface area (Å²) in [7, 11) is 0. The molecule has 0 saturated heterocycles. The lowest BCUT2D eigenvalue weighted by molar-refractivity contribution is -0.123. The first-order valence-electron chi connectivity index (χ1n) is 7.80. The summed E-state index contributed by atoms with van der Waals surface area (Å²) >= 11 is 5.82. The van der Waals surface area contributed by atoms with Crippen LogP contribution in [0.2, 0.25) is 5.02 Å². The zero-order valence-corrected chi connectivity index (χ0v) is 14.5. The molecule has 0 aliphatic carbocycles. The van der Waals surface area contributed by atoms with Gasteiger partial charge in [-0.1, -0.05) is 11.6 Å². The third kappa shape index (κ3) is 4.05. The lowest BCUT2D eigenvalue weighted by atomic mass is 10.2. The summed E-state index contributed by atoms with van der Waals surface area (Å²) in [5, 5.41) is 2.54. The molecule has 0 saturated carbocycles. The standard InChI is InChI=1S/C18H15ClFNO5/c1-10(26-18(23)13-4-2-11(20)8-14(13)19)17(22)21-12-3-5-15-16(9-12)25-7-6-24-15/h2-5,8-10H,6-7H2,1H3,(H,21,22)/t10-/m1/s1. The van der Waals surface area contributed by atoms with Crippen LogP contribution in [-0.2, 0) is 9.53 Å². The minimum atomic E-state index is -1.09. The van der Waals surface area contributed by atoms with E-state index in [1.165, 1.54) is 13.0 Å². The summed E-state index contributed by atoms with van der Waals surface area (Å²) in [4.78, 5) is 24.3. The fraction of sp³-hybridized carbons (Fsp3) is 0.222. The van der Waals surface area contributed by atoms with Gasteiger partial charge in [-0.25, -0.2) is 9.18 Å². The second-order valence-corrected chi connectivity index (χ2v) is 5.93. The molecule has 6 nitrogen and oxygen atoms in total. The molecule has 0 unspecified atom stereocenters. The number of anilines is 1. The largest absolute Gasteiger partial charge is 0.486 e. The summed E-state index contributed by atoms with van der Waals surface area (Å²) in [6.07, 6.45) is -1.09. The second-order valence-electron chi connectivity index (χ2n) is 5.52. The minimum Gasteiger partial charge on any atom is -0.486 e. The molecule has 0 aromatic heterocycles. The normalized spacial score (nSPS) is 13.7. The van der Waals surface area contributed by atoms with Gasteiger partial charge in [0.2, 0.25) is 0 Å². The average Bonchev–Trinajstić information content (AvgIpc) is 2.61. The van der Waals surface area contributed by atoms with Crippen LogP contribution in [0.1, 0.15) is 17.3 Å². The van der Waals surface area contributed by atoms with Crippen molar-refractivity contribution in [3.63, 3.8) is 0 Å². The number of rotatable bonds is 4. The molecule has 2 aromatic rings. The molecule has 1 N–H and O–H groups in total. The maximum atomic E-state index is 13.0. The fourth-order valence-corrected chi connectivity index (χ4v) is 2.54. The van der Waals surface area contributed by atoms with Crippen LogP contribution < -0.4 is 14.8 Å². The monoisotopic (exact) mass is 379 g/mol. The summed E-state index contributed by atoms with van der Waals surface area (Å²) in [5.41, 5.74) is 0.453. The molecule has 0 fully saturated rings. The van der Waals surface area contributed by atoms with Gasteiger partial charge >= 0.3 is 5.97 Å². The van der Waals surface area contributed by atoms with E-state index in [2.05, 4.69) is 5.32 Å². The van der Waals surface area contributed by atoms with Crippen LogP contribution >= 0.6 is 11.6 Å². The van der Waals surface area contributed by atoms with E-state index in [9.17, 15) is 14.0 Å². The number of amides is 1. The van der Waals surface area contributed by atoms with Crippen molar-refractivity contribution in [2.24, 2.45) is 0 Å². The first-order chi connectivity index (χ1) is 12.4. The molecule has 0 spiro atoms. The average molecular weight is 380 g/mol. The molecular formula is C18H15ClFNO5. The van der Waals surface area contributed by atoms with Crippen molar-refractivity contribution < 1.29 is 28.2 Å². The van der Waals surface area contributed by atoms with Crippen molar-refractivity contribution in [3.05, 3.63) is 52.8 Å². The lowest BCUT2D eigenvalue weighted by Crippen LogP contribution is -2.30. The van der Waals surface area contributed by atoms with Gasteiger partial charge in [0, 0.05) is 11.8 Å². The highest BCUT2D eigenvalue weighted by molar-refractivity contribution is 6.33. The third-order valence-corrected chi connectivity index (χ3v) is 3.93. The predicted octanol–water partition coefficient (Wildman–Crippen LogP) is 3.43. The molecular weight excluding hydrogens is 365 g/mol. The lowest BCUT2D eigenvalue weighted by Gasteiger charge is -2.19. The number of benzene rings is 2. The Morgan fingerprint density at radius 3 is 2.62 bits per heavy atom. The molecule has 3 rings (SSSR count). The van der Waals surface area contributed by atoms with Crippen LogP contribution in [0.3, 0.4) is 0 Å². The maximum Gasteiger partial charge on any atom is 0.340 e. The number of nitrogens with one attached hydrogen (secondary N) is 1. The Hall–Kier alpha value is -2.80. The van der Waals surface area contributed by atoms with Crippen LogP contribution in [-0.4, -0.2) is 31.2 Å². The Bertz CT molecular complexity index is 857. The van der Waals surface area contributed by atoms with Gasteiger partial charge in [-0.3, -0.25) is 4.79 Å². The van der Waals surface area contributed by atoms with E-state index in [4.69, 9.17) is 25.8 Å². The zero-order chi connectivity index (χ0) is 18.7. The van der Waals surface area contributed by atoms with Gasteiger partial charge in [-0.15, -0.1) is 0 Å². The highest BCUT2D eigenvalue weighted by Crippen LogP contribution is 2.32. The molecule has 1 heterocycles. The molecule has 136 valence electrons. The Morgan fingerprint density at radius 2 is 1.88 bits per heavy atom. The zero-order valence-electron chi connectivity index (χ0n) is 13.8. The Kier molecular flexibility index (Phi) is 5.27. The van der Waals surface area contributed by atoms with E-state index < -0.39 is 23.8 Å². The Labute approximate surface area is 153 Å². The first-order valence-corrected chi connectivity index (χ1v) is 8.18. The summed E-state index contributed by atoms with van der Waals surface area (Å²) in [5.74, 6) is -0.805. The molecule has 1 aliphatic rings. The second kappa shape index (κ2) is 7.61. The van der Waals surface area contributed by atoms with Crippen molar-refractivity contribution in [3.8, 4) is 11.5 Å². The molecule has 8 heteroatoms. The number of halogens is 2. The molecule has 0 bridgehead atoms. The van der Waals surface area contributed by atoms with Crippen molar-refractivity contribution in [1.29, 1.82) is 0 Å². The molecule has 0 radical (unpaired) electrons. The number of hydrogen-bond acceptors (Lipinski definition) is 5. The molecule has 1 amide bonds. The van der Waals surface area contributed by atoms with E-state index >= 15 is 0 Å². The van der Waals surface area contributed by atoms with Crippen LogP contribution in [0.4, 0.5) is 10.1 Å². The summed E-state index contributed by atoms with van der Waals surface area (Å²) in [6.45, 7) is 2.32. The maximum absolute atomic E-state index is 13.0. The van der Waals surface area contributed by atoms with Gasteiger partial charge in [-0.2, -0.15) is 0 Å². The van der Waals surface area contributed by atoms with E-state index in [1.807, 2.05) is 0 Å². The van der Waals surface area contributed by atoms with Crippen LogP contribution in [0.5, 0.6) is 11.5 Å². The smallest absolute Gasteiger partial charge is 0.340 e. The van der Waals surface area contributed by atoms with E-state index in [1.54, 1.807) is 18.2 Å². The van der Waals surface area contributed by atoms with Crippen LogP contribution in [0, 0.1) is 5.82 Å². The van der Waals surface area contributed by atoms with Gasteiger partial charge in [0.1, 0.15) is 19.0 Å². The highest BCUT2D eigenvalue weighted by Gasteiger charge is 2.21. The number of carbonyl (C=O) groups excluding carboxylic acids is 2. The van der Waals surface area contributed by atoms with Crippen molar-refractivity contribution >= 4 is 29.2 Å². The summed E-state index contributed by atoms with van der Waals surface area (Å²) < 4.78 is 29.0. The van der Waals surface area contributed by atoms with Crippen molar-refractivity contribution in [1.82, 2.24) is 0 Å². The van der Waals surface area contributed by atoms with Gasteiger partial charge in [0.15, 0.2) is 17.6 Å². The first kappa shape index (κ1) is 18.0. The Morgan fingerprint density at radius 1 is 1.15 bits per heavy atom. The van der Waals surface area contributed by atoms with Crippen LogP contribution in [0.25, 0.3) is 0 Å². The Balaban J connectivity index is 1.63. The fourth-order valence-electron chi connectivity index (χ4n) is 2.30.